The van der Waals surface area contributed by atoms with Gasteiger partial charge in [0.1, 0.15) is 5.82 Å². The van der Waals surface area contributed by atoms with E-state index in [1.807, 2.05) is 30.3 Å². The lowest BCUT2D eigenvalue weighted by atomic mass is 10.1. The summed E-state index contributed by atoms with van der Waals surface area (Å²) in [6.07, 6.45) is 2.32. The molecule has 0 spiro atoms. The van der Waals surface area contributed by atoms with Crippen LogP contribution in [0.2, 0.25) is 0 Å². The smallest absolute Gasteiger partial charge is 0.211 e. The monoisotopic (exact) mass is 376 g/mol. The van der Waals surface area contributed by atoms with E-state index >= 15 is 0 Å². The fraction of sp³-hybridized carbons (Fsp3) is 0.400. The average molecular weight is 376 g/mol. The van der Waals surface area contributed by atoms with Gasteiger partial charge in [0, 0.05) is 25.3 Å². The Kier molecular flexibility index (Phi) is 6.27. The van der Waals surface area contributed by atoms with Crippen LogP contribution in [0.1, 0.15) is 18.4 Å². The van der Waals surface area contributed by atoms with Crippen LogP contribution in [0.25, 0.3) is 0 Å². The first-order chi connectivity index (χ1) is 12.5. The Hall–Kier alpha value is -1.92. The molecule has 1 atom stereocenters. The summed E-state index contributed by atoms with van der Waals surface area (Å²) in [7, 11) is -3.25. The van der Waals surface area contributed by atoms with Crippen molar-refractivity contribution in [2.75, 3.05) is 30.3 Å². The van der Waals surface area contributed by atoms with E-state index in [4.69, 9.17) is 0 Å². The van der Waals surface area contributed by atoms with Crippen molar-refractivity contribution < 1.29 is 12.8 Å². The third kappa shape index (κ3) is 5.54. The van der Waals surface area contributed by atoms with Crippen molar-refractivity contribution in [3.63, 3.8) is 0 Å². The van der Waals surface area contributed by atoms with Crippen molar-refractivity contribution in [3.05, 3.63) is 66.0 Å². The summed E-state index contributed by atoms with van der Waals surface area (Å²) in [5.74, 6) is 0.188. The normalized spacial score (nSPS) is 17.6. The maximum atomic E-state index is 13.0. The quantitative estimate of drug-likeness (QED) is 0.770. The van der Waals surface area contributed by atoms with Crippen LogP contribution in [0.15, 0.2) is 54.6 Å². The van der Waals surface area contributed by atoms with Crippen LogP contribution < -0.4 is 9.62 Å². The summed E-state index contributed by atoms with van der Waals surface area (Å²) in [6.45, 7) is 2.12. The highest BCUT2D eigenvalue weighted by Gasteiger charge is 2.24. The van der Waals surface area contributed by atoms with Gasteiger partial charge in [0.15, 0.2) is 0 Å². The van der Waals surface area contributed by atoms with Gasteiger partial charge < -0.3 is 4.90 Å². The number of hydrogen-bond donors (Lipinski definition) is 1. The van der Waals surface area contributed by atoms with Gasteiger partial charge in [0.2, 0.25) is 10.0 Å². The van der Waals surface area contributed by atoms with Crippen molar-refractivity contribution in [2.24, 2.45) is 5.92 Å². The summed E-state index contributed by atoms with van der Waals surface area (Å²) in [4.78, 5) is 2.17. The molecule has 0 aromatic heterocycles. The van der Waals surface area contributed by atoms with Gasteiger partial charge >= 0.3 is 0 Å². The van der Waals surface area contributed by atoms with Gasteiger partial charge in [0.05, 0.1) is 5.75 Å². The minimum Gasteiger partial charge on any atom is -0.371 e. The number of sulfonamides is 1. The Morgan fingerprint density at radius 1 is 1.08 bits per heavy atom. The molecule has 140 valence electrons. The predicted molar refractivity (Wildman–Crippen MR) is 103 cm³/mol. The number of anilines is 1. The molecule has 1 heterocycles. The van der Waals surface area contributed by atoms with E-state index in [0.717, 1.165) is 37.2 Å². The minimum atomic E-state index is -3.25. The molecule has 0 aliphatic carbocycles. The third-order valence-electron chi connectivity index (χ3n) is 4.79. The predicted octanol–water partition coefficient (Wildman–Crippen LogP) is 3.20. The Morgan fingerprint density at radius 2 is 1.81 bits per heavy atom. The zero-order valence-electron chi connectivity index (χ0n) is 14.8. The maximum absolute atomic E-state index is 13.0. The lowest BCUT2D eigenvalue weighted by Gasteiger charge is -2.18. The van der Waals surface area contributed by atoms with E-state index in [2.05, 4.69) is 9.62 Å². The molecule has 1 aliphatic heterocycles. The van der Waals surface area contributed by atoms with Crippen LogP contribution in [0.5, 0.6) is 0 Å². The van der Waals surface area contributed by atoms with Crippen LogP contribution in [-0.4, -0.2) is 33.8 Å². The summed E-state index contributed by atoms with van der Waals surface area (Å²) < 4.78 is 40.2. The first kappa shape index (κ1) is 18.9. The molecule has 2 aromatic carbocycles. The third-order valence-corrected chi connectivity index (χ3v) is 6.22. The number of benzene rings is 2. The molecule has 1 N–H and O–H groups in total. The maximum Gasteiger partial charge on any atom is 0.211 e. The Morgan fingerprint density at radius 3 is 2.54 bits per heavy atom. The van der Waals surface area contributed by atoms with Gasteiger partial charge in [-0.15, -0.1) is 0 Å². The molecular weight excluding hydrogens is 351 g/mol. The van der Waals surface area contributed by atoms with Crippen LogP contribution >= 0.6 is 0 Å². The first-order valence-corrected chi connectivity index (χ1v) is 10.7. The van der Waals surface area contributed by atoms with E-state index in [-0.39, 0.29) is 17.5 Å². The fourth-order valence-electron chi connectivity index (χ4n) is 3.31. The lowest BCUT2D eigenvalue weighted by Crippen LogP contribution is -2.32. The molecule has 2 aromatic rings. The molecule has 1 unspecified atom stereocenters. The Labute approximate surface area is 155 Å². The number of halogens is 1. The standard InChI is InChI=1S/C20H25FN2O2S/c21-19-8-10-20(11-9-19)23-13-12-18(16-23)15-22-26(24,25)14-4-7-17-5-2-1-3-6-17/h1-3,5-6,8-11,18,22H,4,7,12-16H2. The second kappa shape index (κ2) is 8.64. The molecule has 1 saturated heterocycles. The molecule has 0 saturated carbocycles. The van der Waals surface area contributed by atoms with Crippen LogP contribution in [0.3, 0.4) is 0 Å². The summed E-state index contributed by atoms with van der Waals surface area (Å²) >= 11 is 0. The Bertz CT molecular complexity index is 794. The average Bonchev–Trinajstić information content (AvgIpc) is 3.11. The molecule has 0 radical (unpaired) electrons. The van der Waals surface area contributed by atoms with Crippen molar-refractivity contribution in [1.82, 2.24) is 4.72 Å². The molecule has 1 aliphatic rings. The van der Waals surface area contributed by atoms with Crippen LogP contribution in [0, 0.1) is 11.7 Å². The molecule has 0 bridgehead atoms. The number of hydrogen-bond acceptors (Lipinski definition) is 3. The van der Waals surface area contributed by atoms with E-state index in [1.165, 1.54) is 12.1 Å². The topological polar surface area (TPSA) is 49.4 Å². The number of nitrogens with one attached hydrogen (secondary N) is 1. The van der Waals surface area contributed by atoms with Crippen molar-refractivity contribution >= 4 is 15.7 Å². The van der Waals surface area contributed by atoms with Crippen molar-refractivity contribution in [3.8, 4) is 0 Å². The van der Waals surface area contributed by atoms with Gasteiger partial charge in [0.25, 0.3) is 0 Å². The van der Waals surface area contributed by atoms with Gasteiger partial charge in [-0.3, -0.25) is 0 Å². The van der Waals surface area contributed by atoms with E-state index < -0.39 is 10.0 Å². The fourth-order valence-corrected chi connectivity index (χ4v) is 4.47. The zero-order chi connectivity index (χ0) is 18.4. The van der Waals surface area contributed by atoms with Crippen molar-refractivity contribution in [2.45, 2.75) is 19.3 Å². The number of nitrogens with zero attached hydrogens (tertiary/aromatic N) is 1. The minimum absolute atomic E-state index is 0.149. The summed E-state index contributed by atoms with van der Waals surface area (Å²) in [6, 6.07) is 16.4. The second-order valence-electron chi connectivity index (χ2n) is 6.83. The number of rotatable bonds is 8. The van der Waals surface area contributed by atoms with E-state index in [9.17, 15) is 12.8 Å². The molecule has 4 nitrogen and oxygen atoms in total. The molecule has 26 heavy (non-hydrogen) atoms. The first-order valence-electron chi connectivity index (χ1n) is 9.04. The molecule has 3 rings (SSSR count). The molecular formula is C20H25FN2O2S. The number of aryl methyl sites for hydroxylation is 1. The zero-order valence-corrected chi connectivity index (χ0v) is 15.6. The molecule has 0 amide bonds. The highest BCUT2D eigenvalue weighted by atomic mass is 32.2. The van der Waals surface area contributed by atoms with Gasteiger partial charge in [-0.05, 0) is 55.0 Å². The second-order valence-corrected chi connectivity index (χ2v) is 8.76. The lowest BCUT2D eigenvalue weighted by molar-refractivity contribution is 0.540. The molecule has 1 fully saturated rings. The van der Waals surface area contributed by atoms with E-state index in [0.29, 0.717) is 13.0 Å². The van der Waals surface area contributed by atoms with E-state index in [1.54, 1.807) is 12.1 Å². The molecule has 6 heteroatoms. The largest absolute Gasteiger partial charge is 0.371 e. The SMILES string of the molecule is O=S(=O)(CCCc1ccccc1)NCC1CCN(c2ccc(F)cc2)C1. The van der Waals surface area contributed by atoms with Crippen LogP contribution in [0.4, 0.5) is 10.1 Å². The van der Waals surface area contributed by atoms with Crippen LogP contribution in [-0.2, 0) is 16.4 Å². The highest BCUT2D eigenvalue weighted by Crippen LogP contribution is 2.23. The van der Waals surface area contributed by atoms with Gasteiger partial charge in [-0.1, -0.05) is 30.3 Å². The van der Waals surface area contributed by atoms with Gasteiger partial charge in [-0.25, -0.2) is 17.5 Å². The van der Waals surface area contributed by atoms with Crippen molar-refractivity contribution in [1.29, 1.82) is 0 Å². The summed E-state index contributed by atoms with van der Waals surface area (Å²) in [5.41, 5.74) is 2.15. The van der Waals surface area contributed by atoms with Gasteiger partial charge in [-0.2, -0.15) is 0 Å². The summed E-state index contributed by atoms with van der Waals surface area (Å²) in [5, 5.41) is 0. The highest BCUT2D eigenvalue weighted by molar-refractivity contribution is 7.89. The Balaban J connectivity index is 1.41.